The topological polar surface area (TPSA) is 69.0 Å². The van der Waals surface area contributed by atoms with Gasteiger partial charge in [0.15, 0.2) is 0 Å². The second kappa shape index (κ2) is 2.96. The maximum atomic E-state index is 9.44. The summed E-state index contributed by atoms with van der Waals surface area (Å²) in [5.41, 5.74) is 8.34. The van der Waals surface area contributed by atoms with E-state index in [0.717, 1.165) is 25.7 Å². The quantitative estimate of drug-likeness (QED) is 0.361. The molecule has 0 aliphatic heterocycles. The van der Waals surface area contributed by atoms with E-state index in [4.69, 9.17) is 5.53 Å². The van der Waals surface area contributed by atoms with E-state index < -0.39 is 0 Å². The summed E-state index contributed by atoms with van der Waals surface area (Å²) in [6, 6.07) is 0.179. The van der Waals surface area contributed by atoms with E-state index in [1.807, 2.05) is 0 Å². The number of aliphatic hydroxyl groups is 1. The molecule has 0 aromatic heterocycles. The summed E-state index contributed by atoms with van der Waals surface area (Å²) in [6.07, 6.45) is 3.78. The molecule has 2 bridgehead atoms. The van der Waals surface area contributed by atoms with Crippen LogP contribution in [0, 0.1) is 11.8 Å². The predicted molar refractivity (Wildman–Crippen MR) is 44.4 cm³/mol. The Hall–Kier alpha value is -0.730. The number of rotatable bonds is 1. The second-order valence-corrected chi connectivity index (χ2v) is 3.92. The van der Waals surface area contributed by atoms with Crippen LogP contribution in [0.2, 0.25) is 0 Å². The third-order valence-corrected chi connectivity index (χ3v) is 3.21. The molecule has 0 spiro atoms. The molecule has 2 atom stereocenters. The lowest BCUT2D eigenvalue weighted by molar-refractivity contribution is 0.0851. The third kappa shape index (κ3) is 1.17. The smallest absolute Gasteiger partial charge is 0.0545 e. The van der Waals surface area contributed by atoms with Gasteiger partial charge in [-0.1, -0.05) is 5.11 Å². The Kier molecular flexibility index (Phi) is 1.95. The van der Waals surface area contributed by atoms with Gasteiger partial charge in [-0.15, -0.1) is 0 Å². The molecule has 2 aliphatic carbocycles. The van der Waals surface area contributed by atoms with E-state index in [-0.39, 0.29) is 12.1 Å². The zero-order chi connectivity index (χ0) is 8.55. The molecule has 2 unspecified atom stereocenters. The van der Waals surface area contributed by atoms with Gasteiger partial charge in [0, 0.05) is 11.0 Å². The molecule has 4 nitrogen and oxygen atoms in total. The van der Waals surface area contributed by atoms with E-state index in [0.29, 0.717) is 11.8 Å². The van der Waals surface area contributed by atoms with Gasteiger partial charge in [0.25, 0.3) is 0 Å². The monoisotopic (exact) mass is 167 g/mol. The zero-order valence-electron chi connectivity index (χ0n) is 6.93. The molecule has 66 valence electrons. The van der Waals surface area contributed by atoms with Crippen LogP contribution < -0.4 is 0 Å². The maximum Gasteiger partial charge on any atom is 0.0545 e. The Balaban J connectivity index is 2.13. The molecule has 4 heteroatoms. The van der Waals surface area contributed by atoms with Crippen LogP contribution in [0.5, 0.6) is 0 Å². The summed E-state index contributed by atoms with van der Waals surface area (Å²) < 4.78 is 0. The Morgan fingerprint density at radius 2 is 1.83 bits per heavy atom. The summed E-state index contributed by atoms with van der Waals surface area (Å²) in [4.78, 5) is 2.87. The van der Waals surface area contributed by atoms with Crippen LogP contribution in [-0.4, -0.2) is 17.3 Å². The fourth-order valence-electron chi connectivity index (χ4n) is 2.71. The Morgan fingerprint density at radius 1 is 1.25 bits per heavy atom. The van der Waals surface area contributed by atoms with Gasteiger partial charge in [-0.25, -0.2) is 0 Å². The number of azide groups is 1. The first kappa shape index (κ1) is 7.90. The fourth-order valence-corrected chi connectivity index (χ4v) is 2.71. The van der Waals surface area contributed by atoms with Crippen molar-refractivity contribution in [3.05, 3.63) is 10.4 Å². The van der Waals surface area contributed by atoms with E-state index in [9.17, 15) is 5.11 Å². The van der Waals surface area contributed by atoms with Crippen molar-refractivity contribution in [3.63, 3.8) is 0 Å². The van der Waals surface area contributed by atoms with Gasteiger partial charge >= 0.3 is 0 Å². The van der Waals surface area contributed by atoms with Crippen molar-refractivity contribution in [2.24, 2.45) is 17.0 Å². The number of aliphatic hydroxyl groups excluding tert-OH is 1. The normalized spacial score (nSPS) is 45.4. The van der Waals surface area contributed by atoms with Crippen molar-refractivity contribution >= 4 is 0 Å². The summed E-state index contributed by atoms with van der Waals surface area (Å²) in [5, 5.41) is 13.3. The Bertz CT molecular complexity index is 210. The lowest BCUT2D eigenvalue weighted by atomic mass is 9.83. The summed E-state index contributed by atoms with van der Waals surface area (Å²) >= 11 is 0. The van der Waals surface area contributed by atoms with Crippen molar-refractivity contribution in [2.45, 2.75) is 37.8 Å². The molecule has 0 aromatic carbocycles. The van der Waals surface area contributed by atoms with Crippen LogP contribution in [0.1, 0.15) is 25.7 Å². The molecule has 0 amide bonds. The van der Waals surface area contributed by atoms with Crippen LogP contribution in [0.25, 0.3) is 10.4 Å². The van der Waals surface area contributed by atoms with Crippen LogP contribution >= 0.6 is 0 Å². The van der Waals surface area contributed by atoms with Crippen molar-refractivity contribution in [1.82, 2.24) is 0 Å². The number of fused-ring (bicyclic) bond motifs is 2. The first-order chi connectivity index (χ1) is 5.81. The molecule has 2 rings (SSSR count). The summed E-state index contributed by atoms with van der Waals surface area (Å²) in [7, 11) is 0. The van der Waals surface area contributed by atoms with E-state index in [2.05, 4.69) is 10.0 Å². The highest BCUT2D eigenvalue weighted by Gasteiger charge is 2.41. The number of hydrogen-bond acceptors (Lipinski definition) is 2. The van der Waals surface area contributed by atoms with Gasteiger partial charge in [0.05, 0.1) is 6.10 Å². The van der Waals surface area contributed by atoms with Gasteiger partial charge in [-0.2, -0.15) is 0 Å². The highest BCUT2D eigenvalue weighted by atomic mass is 16.3. The Morgan fingerprint density at radius 3 is 2.33 bits per heavy atom. The molecule has 2 fully saturated rings. The van der Waals surface area contributed by atoms with E-state index >= 15 is 0 Å². The molecule has 2 saturated carbocycles. The SMILES string of the molecule is [N-]=[N+]=NC1C2CCC1CC(O)C2. The molecule has 12 heavy (non-hydrogen) atoms. The molecular formula is C8H13N3O. The third-order valence-electron chi connectivity index (χ3n) is 3.21. The lowest BCUT2D eigenvalue weighted by Gasteiger charge is -2.29. The first-order valence-corrected chi connectivity index (χ1v) is 4.53. The first-order valence-electron chi connectivity index (χ1n) is 4.53. The zero-order valence-corrected chi connectivity index (χ0v) is 6.93. The Labute approximate surface area is 71.2 Å². The maximum absolute atomic E-state index is 9.44. The fraction of sp³-hybridized carbons (Fsp3) is 1.00. The van der Waals surface area contributed by atoms with Crippen molar-refractivity contribution in [2.75, 3.05) is 0 Å². The highest BCUT2D eigenvalue weighted by molar-refractivity contribution is 4.96. The number of hydrogen-bond donors (Lipinski definition) is 1. The minimum Gasteiger partial charge on any atom is -0.393 e. The van der Waals surface area contributed by atoms with Gasteiger partial charge in [-0.05, 0) is 43.1 Å². The van der Waals surface area contributed by atoms with Crippen molar-refractivity contribution in [1.29, 1.82) is 0 Å². The summed E-state index contributed by atoms with van der Waals surface area (Å²) in [5.74, 6) is 0.907. The lowest BCUT2D eigenvalue weighted by Crippen LogP contribution is -2.31. The van der Waals surface area contributed by atoms with E-state index in [1.165, 1.54) is 0 Å². The van der Waals surface area contributed by atoms with Crippen LogP contribution in [0.3, 0.4) is 0 Å². The predicted octanol–water partition coefficient (Wildman–Crippen LogP) is 1.85. The minimum atomic E-state index is -0.146. The van der Waals surface area contributed by atoms with Gasteiger partial charge in [0.1, 0.15) is 0 Å². The highest BCUT2D eigenvalue weighted by Crippen LogP contribution is 2.44. The average Bonchev–Trinajstić information content (AvgIpc) is 2.32. The molecular weight excluding hydrogens is 154 g/mol. The standard InChI is InChI=1S/C8H13N3O/c9-11-10-8-5-1-2-6(8)4-7(12)3-5/h5-8,12H,1-4H2. The van der Waals surface area contributed by atoms with Crippen molar-refractivity contribution < 1.29 is 5.11 Å². The van der Waals surface area contributed by atoms with Gasteiger partial charge < -0.3 is 5.11 Å². The molecule has 2 aliphatic rings. The van der Waals surface area contributed by atoms with Crippen LogP contribution in [0.4, 0.5) is 0 Å². The van der Waals surface area contributed by atoms with Crippen molar-refractivity contribution in [3.8, 4) is 0 Å². The summed E-state index contributed by atoms with van der Waals surface area (Å²) in [6.45, 7) is 0. The molecule has 0 heterocycles. The minimum absolute atomic E-state index is 0.146. The average molecular weight is 167 g/mol. The van der Waals surface area contributed by atoms with Gasteiger partial charge in [-0.3, -0.25) is 0 Å². The van der Waals surface area contributed by atoms with E-state index in [1.54, 1.807) is 0 Å². The second-order valence-electron chi connectivity index (χ2n) is 3.92. The molecule has 0 aromatic rings. The molecule has 0 radical (unpaired) electrons. The van der Waals surface area contributed by atoms with Crippen LogP contribution in [0.15, 0.2) is 5.11 Å². The molecule has 1 N–H and O–H groups in total. The molecule has 0 saturated heterocycles. The van der Waals surface area contributed by atoms with Crippen LogP contribution in [-0.2, 0) is 0 Å². The largest absolute Gasteiger partial charge is 0.393 e. The van der Waals surface area contributed by atoms with Gasteiger partial charge in [0.2, 0.25) is 0 Å². The number of nitrogens with zero attached hydrogens (tertiary/aromatic N) is 3.